The standard InChI is InChI=1S/C15H16O2S/c16-9-13-7-12(8-14(10-17)15(13)18)6-11-4-2-1-3-5-11/h1-5,7-8,16-18H,6,9-10H2. The van der Waals surface area contributed by atoms with Crippen molar-refractivity contribution in [2.45, 2.75) is 24.5 Å². The molecular formula is C15H16O2S. The summed E-state index contributed by atoms with van der Waals surface area (Å²) in [6, 6.07) is 14.0. The highest BCUT2D eigenvalue weighted by atomic mass is 32.1. The third kappa shape index (κ3) is 2.93. The smallest absolute Gasteiger partial charge is 0.0692 e. The Morgan fingerprint density at radius 3 is 1.89 bits per heavy atom. The van der Waals surface area contributed by atoms with E-state index >= 15 is 0 Å². The van der Waals surface area contributed by atoms with Gasteiger partial charge in [-0.15, -0.1) is 12.6 Å². The molecule has 0 unspecified atom stereocenters. The molecule has 0 amide bonds. The van der Waals surface area contributed by atoms with Crippen LogP contribution in [0.15, 0.2) is 47.4 Å². The maximum absolute atomic E-state index is 9.30. The monoisotopic (exact) mass is 260 g/mol. The third-order valence-corrected chi connectivity index (χ3v) is 3.49. The van der Waals surface area contributed by atoms with Crippen LogP contribution in [-0.2, 0) is 19.6 Å². The molecule has 3 heteroatoms. The molecule has 0 bridgehead atoms. The van der Waals surface area contributed by atoms with E-state index in [9.17, 15) is 10.2 Å². The van der Waals surface area contributed by atoms with E-state index in [1.54, 1.807) is 0 Å². The molecule has 0 atom stereocenters. The van der Waals surface area contributed by atoms with Crippen LogP contribution in [0.1, 0.15) is 22.3 Å². The maximum Gasteiger partial charge on any atom is 0.0692 e. The summed E-state index contributed by atoms with van der Waals surface area (Å²) >= 11 is 4.33. The summed E-state index contributed by atoms with van der Waals surface area (Å²) in [5.74, 6) is 0. The maximum atomic E-state index is 9.30. The first-order chi connectivity index (χ1) is 8.74. The van der Waals surface area contributed by atoms with Gasteiger partial charge in [0.15, 0.2) is 0 Å². The second-order valence-electron chi connectivity index (χ2n) is 4.24. The topological polar surface area (TPSA) is 40.5 Å². The van der Waals surface area contributed by atoms with E-state index in [0.717, 1.165) is 23.1 Å². The molecule has 0 aliphatic rings. The van der Waals surface area contributed by atoms with E-state index in [1.165, 1.54) is 5.56 Å². The molecule has 0 saturated carbocycles. The highest BCUT2D eigenvalue weighted by molar-refractivity contribution is 7.80. The van der Waals surface area contributed by atoms with Crippen molar-refractivity contribution in [2.24, 2.45) is 0 Å². The Kier molecular flexibility index (Phi) is 4.42. The zero-order chi connectivity index (χ0) is 13.0. The van der Waals surface area contributed by atoms with Gasteiger partial charge in [0, 0.05) is 4.90 Å². The zero-order valence-electron chi connectivity index (χ0n) is 10.0. The molecule has 2 aromatic rings. The van der Waals surface area contributed by atoms with Crippen molar-refractivity contribution in [3.05, 3.63) is 64.7 Å². The Labute approximate surface area is 112 Å². The van der Waals surface area contributed by atoms with Gasteiger partial charge in [-0.2, -0.15) is 0 Å². The van der Waals surface area contributed by atoms with E-state index in [0.29, 0.717) is 4.90 Å². The fourth-order valence-corrected chi connectivity index (χ4v) is 2.28. The molecule has 0 spiro atoms. The van der Waals surface area contributed by atoms with Crippen molar-refractivity contribution < 1.29 is 10.2 Å². The van der Waals surface area contributed by atoms with Crippen LogP contribution in [0.5, 0.6) is 0 Å². The lowest BCUT2D eigenvalue weighted by Gasteiger charge is -2.11. The van der Waals surface area contributed by atoms with E-state index < -0.39 is 0 Å². The number of aliphatic hydroxyl groups is 2. The van der Waals surface area contributed by atoms with Crippen LogP contribution >= 0.6 is 12.6 Å². The Balaban J connectivity index is 2.34. The van der Waals surface area contributed by atoms with Crippen molar-refractivity contribution in [3.8, 4) is 0 Å². The molecule has 2 aromatic carbocycles. The van der Waals surface area contributed by atoms with E-state index in [1.807, 2.05) is 30.3 Å². The number of thiol groups is 1. The minimum atomic E-state index is -0.0610. The highest BCUT2D eigenvalue weighted by Gasteiger charge is 2.07. The summed E-state index contributed by atoms with van der Waals surface area (Å²) in [6.45, 7) is -0.122. The van der Waals surface area contributed by atoms with Gasteiger partial charge in [-0.05, 0) is 28.7 Å². The van der Waals surface area contributed by atoms with E-state index in [-0.39, 0.29) is 13.2 Å². The minimum absolute atomic E-state index is 0.0610. The van der Waals surface area contributed by atoms with Crippen molar-refractivity contribution >= 4 is 12.6 Å². The largest absolute Gasteiger partial charge is 0.392 e. The lowest BCUT2D eigenvalue weighted by Crippen LogP contribution is -1.98. The lowest BCUT2D eigenvalue weighted by atomic mass is 10.00. The molecular weight excluding hydrogens is 244 g/mol. The average molecular weight is 260 g/mol. The first-order valence-corrected chi connectivity index (χ1v) is 6.28. The Hall–Kier alpha value is -1.29. The van der Waals surface area contributed by atoms with Gasteiger partial charge in [-0.25, -0.2) is 0 Å². The molecule has 0 heterocycles. The molecule has 18 heavy (non-hydrogen) atoms. The summed E-state index contributed by atoms with van der Waals surface area (Å²) in [6.07, 6.45) is 0.787. The summed E-state index contributed by atoms with van der Waals surface area (Å²) < 4.78 is 0. The summed E-state index contributed by atoms with van der Waals surface area (Å²) in [4.78, 5) is 0.678. The first-order valence-electron chi connectivity index (χ1n) is 5.84. The molecule has 2 nitrogen and oxygen atoms in total. The van der Waals surface area contributed by atoms with Crippen LogP contribution < -0.4 is 0 Å². The summed E-state index contributed by atoms with van der Waals surface area (Å²) in [5, 5.41) is 18.6. The van der Waals surface area contributed by atoms with Crippen LogP contribution in [0.4, 0.5) is 0 Å². The van der Waals surface area contributed by atoms with Crippen LogP contribution in [0.3, 0.4) is 0 Å². The van der Waals surface area contributed by atoms with Gasteiger partial charge in [0.1, 0.15) is 0 Å². The SMILES string of the molecule is OCc1cc(Cc2ccccc2)cc(CO)c1S. The van der Waals surface area contributed by atoms with Crippen LogP contribution in [0, 0.1) is 0 Å². The highest BCUT2D eigenvalue weighted by Crippen LogP contribution is 2.23. The van der Waals surface area contributed by atoms with Gasteiger partial charge in [-0.3, -0.25) is 0 Å². The van der Waals surface area contributed by atoms with E-state index in [4.69, 9.17) is 0 Å². The van der Waals surface area contributed by atoms with Gasteiger partial charge in [-0.1, -0.05) is 42.5 Å². The number of hydrogen-bond acceptors (Lipinski definition) is 3. The number of aliphatic hydroxyl groups excluding tert-OH is 2. The van der Waals surface area contributed by atoms with Gasteiger partial charge in [0.05, 0.1) is 13.2 Å². The Morgan fingerprint density at radius 2 is 1.39 bits per heavy atom. The molecule has 0 aliphatic heterocycles. The molecule has 0 fully saturated rings. The Bertz CT molecular complexity index is 498. The molecule has 2 rings (SSSR count). The fraction of sp³-hybridized carbons (Fsp3) is 0.200. The van der Waals surface area contributed by atoms with Gasteiger partial charge >= 0.3 is 0 Å². The molecule has 0 aliphatic carbocycles. The van der Waals surface area contributed by atoms with Gasteiger partial charge < -0.3 is 10.2 Å². The molecule has 2 N–H and O–H groups in total. The van der Waals surface area contributed by atoms with Crippen LogP contribution in [0.25, 0.3) is 0 Å². The van der Waals surface area contributed by atoms with Gasteiger partial charge in [0.2, 0.25) is 0 Å². The normalized spacial score (nSPS) is 10.6. The van der Waals surface area contributed by atoms with Crippen molar-refractivity contribution in [2.75, 3.05) is 0 Å². The van der Waals surface area contributed by atoms with Crippen LogP contribution in [0.2, 0.25) is 0 Å². The van der Waals surface area contributed by atoms with Crippen molar-refractivity contribution in [1.82, 2.24) is 0 Å². The molecule has 0 saturated heterocycles. The van der Waals surface area contributed by atoms with E-state index in [2.05, 4.69) is 24.8 Å². The van der Waals surface area contributed by atoms with Crippen molar-refractivity contribution in [1.29, 1.82) is 0 Å². The Morgan fingerprint density at radius 1 is 0.833 bits per heavy atom. The number of benzene rings is 2. The summed E-state index contributed by atoms with van der Waals surface area (Å²) in [5.41, 5.74) is 3.80. The quantitative estimate of drug-likeness (QED) is 0.739. The first kappa shape index (κ1) is 13.1. The predicted molar refractivity (Wildman–Crippen MR) is 74.8 cm³/mol. The minimum Gasteiger partial charge on any atom is -0.392 e. The number of hydrogen-bond donors (Lipinski definition) is 3. The van der Waals surface area contributed by atoms with Crippen LogP contribution in [-0.4, -0.2) is 10.2 Å². The second-order valence-corrected chi connectivity index (χ2v) is 4.69. The molecule has 94 valence electrons. The van der Waals surface area contributed by atoms with Gasteiger partial charge in [0.25, 0.3) is 0 Å². The lowest BCUT2D eigenvalue weighted by molar-refractivity contribution is 0.269. The summed E-state index contributed by atoms with van der Waals surface area (Å²) in [7, 11) is 0. The zero-order valence-corrected chi connectivity index (χ0v) is 10.9. The molecule has 0 aromatic heterocycles. The fourth-order valence-electron chi connectivity index (χ4n) is 2.01. The second kappa shape index (κ2) is 6.05. The predicted octanol–water partition coefficient (Wildman–Crippen LogP) is 2.55. The average Bonchev–Trinajstić information content (AvgIpc) is 2.41. The number of rotatable bonds is 4. The van der Waals surface area contributed by atoms with Crippen molar-refractivity contribution in [3.63, 3.8) is 0 Å². The third-order valence-electron chi connectivity index (χ3n) is 2.92. The molecule has 0 radical (unpaired) electrons.